The van der Waals surface area contributed by atoms with Gasteiger partial charge in [0.05, 0.1) is 24.1 Å². The zero-order chi connectivity index (χ0) is 24.2. The Balaban J connectivity index is 1.69. The molecule has 0 spiro atoms. The molecule has 1 fully saturated rings. The number of nitrogen functional groups attached to an aromatic ring is 1. The first-order valence-corrected chi connectivity index (χ1v) is 11.7. The number of benzene rings is 1. The third-order valence-electron chi connectivity index (χ3n) is 6.37. The second-order valence-corrected chi connectivity index (χ2v) is 8.71. The molecule has 0 atom stereocenters. The van der Waals surface area contributed by atoms with Gasteiger partial charge >= 0.3 is 0 Å². The Kier molecular flexibility index (Phi) is 7.07. The molecular weight excluding hydrogens is 428 g/mol. The van der Waals surface area contributed by atoms with Crippen molar-refractivity contribution < 1.29 is 9.53 Å². The first kappa shape index (κ1) is 23.6. The third-order valence-corrected chi connectivity index (χ3v) is 6.37. The number of hydrogen-bond donors (Lipinski definition) is 1. The number of nitrogens with two attached hydrogens (primary N) is 1. The van der Waals surface area contributed by atoms with E-state index in [1.54, 1.807) is 25.7 Å². The maximum atomic E-state index is 13.3. The van der Waals surface area contributed by atoms with Crippen LogP contribution in [0.5, 0.6) is 5.75 Å². The first-order valence-electron chi connectivity index (χ1n) is 11.7. The lowest BCUT2D eigenvalue weighted by Gasteiger charge is -2.37. The average molecular weight is 461 g/mol. The van der Waals surface area contributed by atoms with Gasteiger partial charge in [-0.05, 0) is 44.5 Å². The highest BCUT2D eigenvalue weighted by molar-refractivity contribution is 5.98. The number of ether oxygens (including phenoxy) is 1. The van der Waals surface area contributed by atoms with Gasteiger partial charge in [0.2, 0.25) is 0 Å². The summed E-state index contributed by atoms with van der Waals surface area (Å²) in [6.45, 7) is 9.61. The van der Waals surface area contributed by atoms with E-state index in [1.807, 2.05) is 29.2 Å². The number of nitrogens with zero attached hydrogens (tertiary/aromatic N) is 5. The van der Waals surface area contributed by atoms with Crippen molar-refractivity contribution in [1.29, 1.82) is 0 Å². The topological polar surface area (TPSA) is 97.5 Å². The summed E-state index contributed by atoms with van der Waals surface area (Å²) in [5, 5.41) is 0. The smallest absolute Gasteiger partial charge is 0.257 e. The fraction of sp³-hybridized carbons (Fsp3) is 0.385. The normalized spacial score (nSPS) is 14.4. The number of hydrogen-bond acceptors (Lipinski definition) is 7. The Labute approximate surface area is 200 Å². The number of aryl methyl sites for hydroxylation is 1. The van der Waals surface area contributed by atoms with E-state index < -0.39 is 0 Å². The summed E-state index contributed by atoms with van der Waals surface area (Å²) in [6, 6.07) is 9.83. The van der Waals surface area contributed by atoms with Crippen LogP contribution in [0.15, 0.2) is 42.9 Å². The van der Waals surface area contributed by atoms with Gasteiger partial charge in [-0.15, -0.1) is 0 Å². The average Bonchev–Trinajstić information content (AvgIpc) is 2.88. The maximum absolute atomic E-state index is 13.3. The Morgan fingerprint density at radius 3 is 2.41 bits per heavy atom. The highest BCUT2D eigenvalue weighted by Crippen LogP contribution is 2.35. The second-order valence-electron chi connectivity index (χ2n) is 8.71. The molecule has 1 amide bonds. The SMILES string of the molecule is CCc1ncnc(-c2ccc(C(=O)N3CCN(C(C)C)CC3)c(OC)c2)c1-c1ccc(N)nc1. The van der Waals surface area contributed by atoms with Crippen LogP contribution in [-0.4, -0.2) is 70.0 Å². The van der Waals surface area contributed by atoms with Gasteiger partial charge in [0.1, 0.15) is 17.9 Å². The quantitative estimate of drug-likeness (QED) is 0.601. The van der Waals surface area contributed by atoms with E-state index in [4.69, 9.17) is 10.5 Å². The molecular formula is C26H32N6O2. The number of aromatic nitrogens is 3. The molecule has 3 aromatic rings. The van der Waals surface area contributed by atoms with Crippen LogP contribution in [0.25, 0.3) is 22.4 Å². The van der Waals surface area contributed by atoms with Crippen molar-refractivity contribution in [2.45, 2.75) is 33.2 Å². The van der Waals surface area contributed by atoms with E-state index in [9.17, 15) is 4.79 Å². The summed E-state index contributed by atoms with van der Waals surface area (Å²) >= 11 is 0. The molecule has 8 heteroatoms. The minimum Gasteiger partial charge on any atom is -0.496 e. The summed E-state index contributed by atoms with van der Waals surface area (Å²) in [5.74, 6) is 0.984. The summed E-state index contributed by atoms with van der Waals surface area (Å²) in [5.41, 5.74) is 10.7. The van der Waals surface area contributed by atoms with Gasteiger partial charge in [-0.3, -0.25) is 9.69 Å². The van der Waals surface area contributed by atoms with Crippen LogP contribution in [0.2, 0.25) is 0 Å². The molecule has 0 aliphatic carbocycles. The molecule has 2 aromatic heterocycles. The summed E-state index contributed by atoms with van der Waals surface area (Å²) in [6.07, 6.45) is 4.05. The number of carbonyl (C=O) groups excluding carboxylic acids is 1. The summed E-state index contributed by atoms with van der Waals surface area (Å²) in [4.78, 5) is 30.9. The highest BCUT2D eigenvalue weighted by Gasteiger charge is 2.26. The molecule has 3 heterocycles. The second kappa shape index (κ2) is 10.2. The lowest BCUT2D eigenvalue weighted by atomic mass is 9.96. The molecule has 34 heavy (non-hydrogen) atoms. The summed E-state index contributed by atoms with van der Waals surface area (Å²) in [7, 11) is 1.59. The molecule has 1 aromatic carbocycles. The minimum atomic E-state index is -0.00769. The zero-order valence-electron chi connectivity index (χ0n) is 20.3. The monoisotopic (exact) mass is 460 g/mol. The third kappa shape index (κ3) is 4.72. The van der Waals surface area contributed by atoms with E-state index in [2.05, 4.69) is 40.6 Å². The van der Waals surface area contributed by atoms with E-state index in [-0.39, 0.29) is 5.91 Å². The van der Waals surface area contributed by atoms with Crippen molar-refractivity contribution in [2.24, 2.45) is 0 Å². The Morgan fingerprint density at radius 1 is 1.06 bits per heavy atom. The van der Waals surface area contributed by atoms with Crippen LogP contribution in [0, 0.1) is 0 Å². The van der Waals surface area contributed by atoms with Crippen molar-refractivity contribution in [2.75, 3.05) is 39.0 Å². The Bertz CT molecular complexity index is 1150. The van der Waals surface area contributed by atoms with Crippen LogP contribution >= 0.6 is 0 Å². The van der Waals surface area contributed by atoms with Crippen LogP contribution in [0.4, 0.5) is 5.82 Å². The Hall–Kier alpha value is -3.52. The number of anilines is 1. The standard InChI is InChI=1S/C26H32N6O2/c1-5-21-24(19-7-9-23(27)28-15-19)25(30-16-29-21)18-6-8-20(22(14-18)34-4)26(33)32-12-10-31(11-13-32)17(2)3/h6-9,14-17H,5,10-13H2,1-4H3,(H2,27,28). The van der Waals surface area contributed by atoms with Gasteiger partial charge in [0.25, 0.3) is 5.91 Å². The maximum Gasteiger partial charge on any atom is 0.257 e. The van der Waals surface area contributed by atoms with Gasteiger partial charge in [0.15, 0.2) is 0 Å². The van der Waals surface area contributed by atoms with Crippen LogP contribution in [0.1, 0.15) is 36.8 Å². The molecule has 0 bridgehead atoms. The molecule has 178 valence electrons. The molecule has 1 aliphatic rings. The Morgan fingerprint density at radius 2 is 1.79 bits per heavy atom. The van der Waals surface area contributed by atoms with E-state index in [0.717, 1.165) is 47.6 Å². The minimum absolute atomic E-state index is 0.00769. The van der Waals surface area contributed by atoms with Crippen molar-refractivity contribution in [3.05, 3.63) is 54.1 Å². The van der Waals surface area contributed by atoms with Crippen LogP contribution in [-0.2, 0) is 6.42 Å². The van der Waals surface area contributed by atoms with Crippen LogP contribution < -0.4 is 10.5 Å². The fourth-order valence-corrected chi connectivity index (χ4v) is 4.39. The molecule has 1 saturated heterocycles. The number of amides is 1. The van der Waals surface area contributed by atoms with Gasteiger partial charge in [0, 0.05) is 55.1 Å². The van der Waals surface area contributed by atoms with E-state index >= 15 is 0 Å². The van der Waals surface area contributed by atoms with Crippen molar-refractivity contribution in [3.63, 3.8) is 0 Å². The predicted molar refractivity (Wildman–Crippen MR) is 134 cm³/mol. The van der Waals surface area contributed by atoms with E-state index in [1.165, 1.54) is 0 Å². The lowest BCUT2D eigenvalue weighted by molar-refractivity contribution is 0.0592. The number of carbonyl (C=O) groups is 1. The number of methoxy groups -OCH3 is 1. The largest absolute Gasteiger partial charge is 0.496 e. The van der Waals surface area contributed by atoms with Crippen molar-refractivity contribution in [1.82, 2.24) is 24.8 Å². The van der Waals surface area contributed by atoms with Crippen molar-refractivity contribution >= 4 is 11.7 Å². The molecule has 1 aliphatic heterocycles. The van der Waals surface area contributed by atoms with Gasteiger partial charge in [-0.25, -0.2) is 15.0 Å². The number of piperazine rings is 1. The molecule has 8 nitrogen and oxygen atoms in total. The predicted octanol–water partition coefficient (Wildman–Crippen LogP) is 3.53. The zero-order valence-corrected chi connectivity index (χ0v) is 20.3. The molecule has 4 rings (SSSR count). The van der Waals surface area contributed by atoms with E-state index in [0.29, 0.717) is 36.3 Å². The first-order chi connectivity index (χ1) is 16.4. The number of pyridine rings is 1. The molecule has 0 saturated carbocycles. The van der Waals surface area contributed by atoms with Crippen molar-refractivity contribution in [3.8, 4) is 28.1 Å². The van der Waals surface area contributed by atoms with Gasteiger partial charge in [-0.1, -0.05) is 13.0 Å². The van der Waals surface area contributed by atoms with Gasteiger partial charge < -0.3 is 15.4 Å². The summed E-state index contributed by atoms with van der Waals surface area (Å²) < 4.78 is 5.67. The number of rotatable bonds is 6. The molecule has 2 N–H and O–H groups in total. The highest BCUT2D eigenvalue weighted by atomic mass is 16.5. The van der Waals surface area contributed by atoms with Crippen LogP contribution in [0.3, 0.4) is 0 Å². The molecule has 0 unspecified atom stereocenters. The molecule has 0 radical (unpaired) electrons. The lowest BCUT2D eigenvalue weighted by Crippen LogP contribution is -2.50. The fourth-order valence-electron chi connectivity index (χ4n) is 4.39. The van der Waals surface area contributed by atoms with Gasteiger partial charge in [-0.2, -0.15) is 0 Å².